The predicted octanol–water partition coefficient (Wildman–Crippen LogP) is 2.10. The Hall–Kier alpha value is -1.77. The van der Waals surface area contributed by atoms with Gasteiger partial charge in [0.25, 0.3) is 0 Å². The van der Waals surface area contributed by atoms with Gasteiger partial charge >= 0.3 is 0 Å². The summed E-state index contributed by atoms with van der Waals surface area (Å²) in [4.78, 5) is 4.25. The van der Waals surface area contributed by atoms with Gasteiger partial charge in [0.2, 0.25) is 0 Å². The van der Waals surface area contributed by atoms with Crippen LogP contribution < -0.4 is 0 Å². The molecule has 0 bridgehead atoms. The maximum atomic E-state index is 9.28. The van der Waals surface area contributed by atoms with Crippen LogP contribution in [0.5, 0.6) is 0 Å². The first-order valence-corrected chi connectivity index (χ1v) is 4.07. The molecule has 1 N–H and O–H groups in total. The molecule has 0 radical (unpaired) electrons. The van der Waals surface area contributed by atoms with E-state index in [9.17, 15) is 5.21 Å². The summed E-state index contributed by atoms with van der Waals surface area (Å²) < 4.78 is 1.07. The van der Waals surface area contributed by atoms with Crippen molar-refractivity contribution in [2.24, 2.45) is 4.99 Å². The second kappa shape index (κ2) is 2.94. The van der Waals surface area contributed by atoms with Crippen LogP contribution in [0.15, 0.2) is 41.2 Å². The second-order valence-corrected chi connectivity index (χ2v) is 2.93. The molecule has 2 heterocycles. The van der Waals surface area contributed by atoms with Crippen molar-refractivity contribution in [3.05, 3.63) is 41.9 Å². The van der Waals surface area contributed by atoms with Crippen molar-refractivity contribution in [3.8, 4) is 0 Å². The lowest BCUT2D eigenvalue weighted by Gasteiger charge is -1.94. The zero-order valence-corrected chi connectivity index (χ0v) is 7.31. The van der Waals surface area contributed by atoms with Gasteiger partial charge < -0.3 is 5.21 Å². The Bertz CT molecular complexity index is 410. The fourth-order valence-corrected chi connectivity index (χ4v) is 1.22. The van der Waals surface area contributed by atoms with Crippen molar-refractivity contribution in [3.63, 3.8) is 0 Å². The third-order valence-electron chi connectivity index (χ3n) is 1.86. The Kier molecular flexibility index (Phi) is 1.77. The van der Waals surface area contributed by atoms with Gasteiger partial charge in [-0.2, -0.15) is 4.73 Å². The van der Waals surface area contributed by atoms with Crippen LogP contribution in [0.4, 0.5) is 0 Å². The first kappa shape index (κ1) is 7.86. The largest absolute Gasteiger partial charge is 0.428 e. The minimum atomic E-state index is 0.734. The van der Waals surface area contributed by atoms with Gasteiger partial charge in [0.1, 0.15) is 0 Å². The van der Waals surface area contributed by atoms with Gasteiger partial charge in [0, 0.05) is 11.9 Å². The van der Waals surface area contributed by atoms with Gasteiger partial charge in [0.05, 0.1) is 11.4 Å². The van der Waals surface area contributed by atoms with Gasteiger partial charge in [-0.15, -0.1) is 0 Å². The smallest absolute Gasteiger partial charge is 0.0814 e. The van der Waals surface area contributed by atoms with Crippen LogP contribution in [0.1, 0.15) is 12.6 Å². The molecule has 0 spiro atoms. The van der Waals surface area contributed by atoms with E-state index in [-0.39, 0.29) is 0 Å². The van der Waals surface area contributed by atoms with Crippen LogP contribution in [0.2, 0.25) is 0 Å². The molecule has 1 aromatic heterocycles. The summed E-state index contributed by atoms with van der Waals surface area (Å²) in [5.41, 5.74) is 2.59. The van der Waals surface area contributed by atoms with Crippen molar-refractivity contribution in [2.45, 2.75) is 6.92 Å². The van der Waals surface area contributed by atoms with Crippen LogP contribution in [-0.4, -0.2) is 15.6 Å². The lowest BCUT2D eigenvalue weighted by atomic mass is 10.3. The van der Waals surface area contributed by atoms with Crippen molar-refractivity contribution in [1.29, 1.82) is 0 Å². The fourth-order valence-electron chi connectivity index (χ4n) is 1.22. The van der Waals surface area contributed by atoms with E-state index in [1.807, 2.05) is 31.2 Å². The summed E-state index contributed by atoms with van der Waals surface area (Å²) in [5, 5.41) is 9.28. The second-order valence-electron chi connectivity index (χ2n) is 2.93. The molecule has 0 atom stereocenters. The van der Waals surface area contributed by atoms with Crippen LogP contribution in [0, 0.1) is 0 Å². The van der Waals surface area contributed by atoms with E-state index in [0.717, 1.165) is 21.8 Å². The minimum absolute atomic E-state index is 0.734. The van der Waals surface area contributed by atoms with E-state index < -0.39 is 0 Å². The Balaban J connectivity index is 2.32. The molecule has 1 aromatic rings. The Morgan fingerprint density at radius 3 is 2.85 bits per heavy atom. The number of hydrogen-bond acceptors (Lipinski definition) is 2. The van der Waals surface area contributed by atoms with Crippen LogP contribution in [0.3, 0.4) is 0 Å². The molecule has 1 aliphatic rings. The summed E-state index contributed by atoms with van der Waals surface area (Å²) in [6, 6.07) is 3.60. The zero-order chi connectivity index (χ0) is 9.26. The third-order valence-corrected chi connectivity index (χ3v) is 1.86. The summed E-state index contributed by atoms with van der Waals surface area (Å²) in [6.45, 7) is 1.94. The van der Waals surface area contributed by atoms with Gasteiger partial charge in [-0.1, -0.05) is 0 Å². The van der Waals surface area contributed by atoms with E-state index in [1.165, 1.54) is 0 Å². The average molecular weight is 174 g/mol. The Morgan fingerprint density at radius 1 is 1.46 bits per heavy atom. The molecular formula is C10H10N2O. The normalized spacial score (nSPS) is 18.2. The minimum Gasteiger partial charge on any atom is -0.428 e. The molecule has 0 unspecified atom stereocenters. The number of allylic oxidation sites excluding steroid dienone is 2. The molecule has 0 amide bonds. The quantitative estimate of drug-likeness (QED) is 0.650. The first-order valence-electron chi connectivity index (χ1n) is 4.07. The topological polar surface area (TPSA) is 37.5 Å². The van der Waals surface area contributed by atoms with Crippen LogP contribution in [0.25, 0.3) is 6.08 Å². The SMILES string of the molecule is CC1=N/C(=C/c2cccn2O)C=C1. The summed E-state index contributed by atoms with van der Waals surface area (Å²) in [5.74, 6) is 0. The number of aliphatic imine (C=N–C) groups is 1. The predicted molar refractivity (Wildman–Crippen MR) is 51.8 cm³/mol. The lowest BCUT2D eigenvalue weighted by molar-refractivity contribution is 0.185. The molecule has 3 heteroatoms. The molecule has 0 aliphatic carbocycles. The van der Waals surface area contributed by atoms with E-state index in [2.05, 4.69) is 4.99 Å². The Labute approximate surface area is 76.3 Å². The van der Waals surface area contributed by atoms with Crippen molar-refractivity contribution in [1.82, 2.24) is 4.73 Å². The molecule has 0 saturated heterocycles. The number of aromatic nitrogens is 1. The van der Waals surface area contributed by atoms with Crippen LogP contribution >= 0.6 is 0 Å². The highest BCUT2D eigenvalue weighted by Crippen LogP contribution is 2.13. The van der Waals surface area contributed by atoms with Crippen LogP contribution in [-0.2, 0) is 0 Å². The zero-order valence-electron chi connectivity index (χ0n) is 7.31. The van der Waals surface area contributed by atoms with Crippen molar-refractivity contribution >= 4 is 11.8 Å². The van der Waals surface area contributed by atoms with Gasteiger partial charge in [-0.3, -0.25) is 4.99 Å². The standard InChI is InChI=1S/C10H10N2O/c1-8-4-5-9(11-8)7-10-3-2-6-12(10)13/h2-7,13H,1H3/b9-7+. The molecule has 13 heavy (non-hydrogen) atoms. The molecule has 0 fully saturated rings. The van der Waals surface area contributed by atoms with E-state index in [0.29, 0.717) is 0 Å². The van der Waals surface area contributed by atoms with E-state index in [1.54, 1.807) is 12.3 Å². The van der Waals surface area contributed by atoms with Gasteiger partial charge in [-0.25, -0.2) is 0 Å². The molecule has 3 nitrogen and oxygen atoms in total. The average Bonchev–Trinajstić information content (AvgIpc) is 2.64. The molecule has 0 saturated carbocycles. The lowest BCUT2D eigenvalue weighted by Crippen LogP contribution is -1.89. The van der Waals surface area contributed by atoms with Crippen molar-refractivity contribution in [2.75, 3.05) is 0 Å². The van der Waals surface area contributed by atoms with Gasteiger partial charge in [0.15, 0.2) is 0 Å². The molecule has 0 aromatic carbocycles. The Morgan fingerprint density at radius 2 is 2.31 bits per heavy atom. The summed E-state index contributed by atoms with van der Waals surface area (Å²) in [7, 11) is 0. The van der Waals surface area contributed by atoms with E-state index in [4.69, 9.17) is 0 Å². The number of hydrogen-bond donors (Lipinski definition) is 1. The molecular weight excluding hydrogens is 164 g/mol. The third kappa shape index (κ3) is 1.54. The highest BCUT2D eigenvalue weighted by molar-refractivity contribution is 5.97. The monoisotopic (exact) mass is 174 g/mol. The van der Waals surface area contributed by atoms with Gasteiger partial charge in [-0.05, 0) is 37.3 Å². The molecule has 66 valence electrons. The summed E-state index contributed by atoms with van der Waals surface area (Å²) >= 11 is 0. The van der Waals surface area contributed by atoms with E-state index >= 15 is 0 Å². The van der Waals surface area contributed by atoms with Crippen molar-refractivity contribution < 1.29 is 5.21 Å². The highest BCUT2D eigenvalue weighted by Gasteiger charge is 2.01. The fraction of sp³-hybridized carbons (Fsp3) is 0.100. The molecule has 1 aliphatic heterocycles. The highest BCUT2D eigenvalue weighted by atomic mass is 16.5. The maximum absolute atomic E-state index is 9.28. The number of nitrogens with zero attached hydrogens (tertiary/aromatic N) is 2. The maximum Gasteiger partial charge on any atom is 0.0814 e. The molecule has 2 rings (SSSR count). The first-order chi connectivity index (χ1) is 6.25. The number of rotatable bonds is 1. The summed E-state index contributed by atoms with van der Waals surface area (Å²) in [6.07, 6.45) is 7.27.